The van der Waals surface area contributed by atoms with E-state index < -0.39 is 12.0 Å². The third kappa shape index (κ3) is 2.76. The van der Waals surface area contributed by atoms with Gasteiger partial charge in [-0.25, -0.2) is 0 Å². The van der Waals surface area contributed by atoms with E-state index in [0.717, 1.165) is 6.42 Å². The molecular formula is C12H13F3O3. The number of alkyl halides is 3. The van der Waals surface area contributed by atoms with Gasteiger partial charge in [0, 0.05) is 6.61 Å². The fraction of sp³-hybridized carbons (Fsp3) is 0.500. The van der Waals surface area contributed by atoms with E-state index in [1.165, 1.54) is 18.2 Å². The Balaban J connectivity index is 2.26. The molecule has 0 amide bonds. The average molecular weight is 262 g/mol. The molecule has 1 aromatic carbocycles. The van der Waals surface area contributed by atoms with Crippen molar-refractivity contribution >= 4 is 0 Å². The minimum Gasteiger partial charge on any atom is -0.406 e. The number of rotatable bonds is 3. The molecule has 1 unspecified atom stereocenters. The molecule has 18 heavy (non-hydrogen) atoms. The normalized spacial score (nSPS) is 24.2. The van der Waals surface area contributed by atoms with E-state index >= 15 is 0 Å². The summed E-state index contributed by atoms with van der Waals surface area (Å²) in [4.78, 5) is 0. The van der Waals surface area contributed by atoms with Crippen molar-refractivity contribution in [2.75, 3.05) is 13.2 Å². The minimum absolute atomic E-state index is 0.261. The van der Waals surface area contributed by atoms with E-state index in [4.69, 9.17) is 4.74 Å². The van der Waals surface area contributed by atoms with Gasteiger partial charge in [-0.15, -0.1) is 13.2 Å². The lowest BCUT2D eigenvalue weighted by Crippen LogP contribution is -2.29. The number of benzene rings is 1. The summed E-state index contributed by atoms with van der Waals surface area (Å²) in [6, 6.07) is 5.56. The van der Waals surface area contributed by atoms with Crippen LogP contribution in [0.3, 0.4) is 0 Å². The highest BCUT2D eigenvalue weighted by Gasteiger charge is 2.37. The number of hydrogen-bond donors (Lipinski definition) is 1. The number of halogens is 3. The smallest absolute Gasteiger partial charge is 0.406 e. The molecule has 1 atom stereocenters. The summed E-state index contributed by atoms with van der Waals surface area (Å²) in [6.07, 6.45) is -3.37. The Bertz CT molecular complexity index is 411. The van der Waals surface area contributed by atoms with Crippen LogP contribution in [0, 0.1) is 0 Å². The number of aliphatic hydroxyl groups excluding tert-OH is 1. The first-order chi connectivity index (χ1) is 8.45. The first-order valence-corrected chi connectivity index (χ1v) is 5.56. The zero-order chi connectivity index (χ0) is 13.2. The van der Waals surface area contributed by atoms with Gasteiger partial charge >= 0.3 is 6.36 Å². The molecule has 0 saturated carbocycles. The number of aliphatic hydroxyl groups is 1. The van der Waals surface area contributed by atoms with Crippen molar-refractivity contribution in [2.24, 2.45) is 0 Å². The molecule has 1 heterocycles. The van der Waals surface area contributed by atoms with Gasteiger partial charge in [-0.2, -0.15) is 0 Å². The third-order valence-corrected chi connectivity index (χ3v) is 2.95. The second-order valence-electron chi connectivity index (χ2n) is 4.18. The number of hydrogen-bond acceptors (Lipinski definition) is 3. The largest absolute Gasteiger partial charge is 0.573 e. The van der Waals surface area contributed by atoms with Gasteiger partial charge in [0.2, 0.25) is 0 Å². The van der Waals surface area contributed by atoms with Crippen LogP contribution in [-0.4, -0.2) is 24.7 Å². The maximum Gasteiger partial charge on any atom is 0.573 e. The maximum absolute atomic E-state index is 12.1. The van der Waals surface area contributed by atoms with Gasteiger partial charge in [0.05, 0.1) is 6.61 Å². The molecule has 1 aliphatic heterocycles. The zero-order valence-electron chi connectivity index (χ0n) is 9.54. The summed E-state index contributed by atoms with van der Waals surface area (Å²) in [5.41, 5.74) is -0.394. The van der Waals surface area contributed by atoms with Crippen LogP contribution in [0.5, 0.6) is 5.75 Å². The Morgan fingerprint density at radius 1 is 1.39 bits per heavy atom. The minimum atomic E-state index is -4.72. The Hall–Kier alpha value is -1.27. The molecule has 0 radical (unpaired) electrons. The van der Waals surface area contributed by atoms with Crippen molar-refractivity contribution in [1.29, 1.82) is 0 Å². The molecule has 6 heteroatoms. The fourth-order valence-electron chi connectivity index (χ4n) is 2.12. The van der Waals surface area contributed by atoms with Crippen molar-refractivity contribution in [3.05, 3.63) is 29.8 Å². The molecule has 2 rings (SSSR count). The Morgan fingerprint density at radius 3 is 2.72 bits per heavy atom. The Kier molecular flexibility index (Phi) is 3.49. The second kappa shape index (κ2) is 4.78. The molecule has 0 spiro atoms. The first kappa shape index (κ1) is 13.2. The molecule has 1 aliphatic rings. The lowest BCUT2D eigenvalue weighted by atomic mass is 9.91. The van der Waals surface area contributed by atoms with Crippen LogP contribution in [0.2, 0.25) is 0 Å². The summed E-state index contributed by atoms with van der Waals surface area (Å²) in [5.74, 6) is -0.302. The molecule has 0 aliphatic carbocycles. The summed E-state index contributed by atoms with van der Waals surface area (Å²) in [7, 11) is 0. The molecular weight excluding hydrogens is 249 g/mol. The molecule has 1 aromatic rings. The summed E-state index contributed by atoms with van der Waals surface area (Å²) in [6.45, 7) is 0.230. The standard InChI is InChI=1S/C12H13F3O3/c13-12(14,15)18-10-4-1-3-9(7-10)11(8-16)5-2-6-17-11/h1,3-4,7,16H,2,5-6,8H2. The van der Waals surface area contributed by atoms with Crippen molar-refractivity contribution in [1.82, 2.24) is 0 Å². The van der Waals surface area contributed by atoms with Gasteiger partial charge in [0.25, 0.3) is 0 Å². The van der Waals surface area contributed by atoms with Crippen molar-refractivity contribution in [2.45, 2.75) is 24.8 Å². The lowest BCUT2D eigenvalue weighted by Gasteiger charge is -2.26. The molecule has 1 N–H and O–H groups in total. The summed E-state index contributed by atoms with van der Waals surface area (Å²) >= 11 is 0. The van der Waals surface area contributed by atoms with Crippen LogP contribution in [-0.2, 0) is 10.3 Å². The first-order valence-electron chi connectivity index (χ1n) is 5.56. The van der Waals surface area contributed by atoms with Crippen molar-refractivity contribution < 1.29 is 27.8 Å². The zero-order valence-corrected chi connectivity index (χ0v) is 9.54. The highest BCUT2D eigenvalue weighted by molar-refractivity contribution is 5.33. The lowest BCUT2D eigenvalue weighted by molar-refractivity contribution is -0.274. The van der Waals surface area contributed by atoms with Gasteiger partial charge in [-0.05, 0) is 30.5 Å². The second-order valence-corrected chi connectivity index (χ2v) is 4.18. The third-order valence-electron chi connectivity index (χ3n) is 2.95. The molecule has 0 aromatic heterocycles. The van der Waals surface area contributed by atoms with Gasteiger partial charge in [0.15, 0.2) is 0 Å². The predicted molar refractivity (Wildman–Crippen MR) is 57.1 cm³/mol. The summed E-state index contributed by atoms with van der Waals surface area (Å²) in [5, 5.41) is 9.41. The Morgan fingerprint density at radius 2 is 2.17 bits per heavy atom. The van der Waals surface area contributed by atoms with Crippen LogP contribution in [0.1, 0.15) is 18.4 Å². The molecule has 1 fully saturated rings. The number of ether oxygens (including phenoxy) is 2. The van der Waals surface area contributed by atoms with Crippen LogP contribution in [0.4, 0.5) is 13.2 Å². The van der Waals surface area contributed by atoms with E-state index in [1.807, 2.05) is 0 Å². The Labute approximate surface area is 102 Å². The fourth-order valence-corrected chi connectivity index (χ4v) is 2.12. The monoisotopic (exact) mass is 262 g/mol. The molecule has 3 nitrogen and oxygen atoms in total. The van der Waals surface area contributed by atoms with Gasteiger partial charge < -0.3 is 14.6 Å². The van der Waals surface area contributed by atoms with Crippen molar-refractivity contribution in [3.63, 3.8) is 0 Å². The van der Waals surface area contributed by atoms with Crippen molar-refractivity contribution in [3.8, 4) is 5.75 Å². The van der Waals surface area contributed by atoms with Gasteiger partial charge in [-0.1, -0.05) is 12.1 Å². The van der Waals surface area contributed by atoms with Crippen LogP contribution in [0.15, 0.2) is 24.3 Å². The molecule has 100 valence electrons. The van der Waals surface area contributed by atoms with E-state index in [9.17, 15) is 18.3 Å². The summed E-state index contributed by atoms with van der Waals surface area (Å²) < 4.78 is 45.7. The van der Waals surface area contributed by atoms with E-state index in [2.05, 4.69) is 4.74 Å². The van der Waals surface area contributed by atoms with Crippen LogP contribution in [0.25, 0.3) is 0 Å². The maximum atomic E-state index is 12.1. The SMILES string of the molecule is OCC1(c2cccc(OC(F)(F)F)c2)CCCO1. The quantitative estimate of drug-likeness (QED) is 0.910. The van der Waals surface area contributed by atoms with Crippen LogP contribution < -0.4 is 4.74 Å². The van der Waals surface area contributed by atoms with Gasteiger partial charge in [0.1, 0.15) is 11.4 Å². The van der Waals surface area contributed by atoms with Crippen LogP contribution >= 0.6 is 0 Å². The van der Waals surface area contributed by atoms with E-state index in [1.54, 1.807) is 6.07 Å². The van der Waals surface area contributed by atoms with E-state index in [0.29, 0.717) is 18.6 Å². The topological polar surface area (TPSA) is 38.7 Å². The van der Waals surface area contributed by atoms with E-state index in [-0.39, 0.29) is 12.4 Å². The van der Waals surface area contributed by atoms with Gasteiger partial charge in [-0.3, -0.25) is 0 Å². The highest BCUT2D eigenvalue weighted by Crippen LogP contribution is 2.37. The highest BCUT2D eigenvalue weighted by atomic mass is 19.4. The predicted octanol–water partition coefficient (Wildman–Crippen LogP) is 2.58. The molecule has 1 saturated heterocycles. The average Bonchev–Trinajstić information content (AvgIpc) is 2.77. The molecule has 0 bridgehead atoms.